The largest absolute Gasteiger partial charge is 0.475 e. The number of rotatable bonds is 5. The number of carbonyl (C=O) groups is 2. The molecule has 3 aromatic rings. The number of fused-ring (bicyclic) bond motifs is 4. The molecular formula is C36H42N6O5S. The van der Waals surface area contributed by atoms with Gasteiger partial charge in [-0.25, -0.2) is 18.1 Å². The molecule has 0 radical (unpaired) electrons. The van der Waals surface area contributed by atoms with Gasteiger partial charge < -0.3 is 14.5 Å². The zero-order valence-corrected chi connectivity index (χ0v) is 28.7. The summed E-state index contributed by atoms with van der Waals surface area (Å²) in [5, 5.41) is 9.26. The van der Waals surface area contributed by atoms with E-state index in [-0.39, 0.29) is 70.5 Å². The summed E-state index contributed by atoms with van der Waals surface area (Å²) in [4.78, 5) is 40.5. The van der Waals surface area contributed by atoms with Gasteiger partial charge in [0.1, 0.15) is 6.61 Å². The highest BCUT2D eigenvalue weighted by Crippen LogP contribution is 2.38. The monoisotopic (exact) mass is 670 g/mol. The Labute approximate surface area is 282 Å². The number of sulfonamides is 1. The van der Waals surface area contributed by atoms with E-state index in [4.69, 9.17) is 4.74 Å². The van der Waals surface area contributed by atoms with Gasteiger partial charge in [-0.1, -0.05) is 38.1 Å². The Hall–Kier alpha value is -4.50. The molecule has 1 aliphatic carbocycles. The molecule has 2 aliphatic heterocycles. The van der Waals surface area contributed by atoms with Crippen molar-refractivity contribution in [2.45, 2.75) is 76.8 Å². The van der Waals surface area contributed by atoms with Crippen LogP contribution in [-0.2, 0) is 14.8 Å². The van der Waals surface area contributed by atoms with E-state index in [1.165, 1.54) is 12.1 Å². The fourth-order valence-electron chi connectivity index (χ4n) is 7.14. The summed E-state index contributed by atoms with van der Waals surface area (Å²) in [6.07, 6.45) is 3.00. The summed E-state index contributed by atoms with van der Waals surface area (Å²) < 4.78 is 36.1. The Morgan fingerprint density at radius 3 is 2.42 bits per heavy atom. The lowest BCUT2D eigenvalue weighted by molar-refractivity contribution is -0.142. The number of ether oxygens (including phenoxy) is 1. The first-order chi connectivity index (χ1) is 22.9. The molecule has 6 rings (SSSR count). The molecule has 2 fully saturated rings. The minimum absolute atomic E-state index is 0.0123. The first-order valence-electron chi connectivity index (χ1n) is 16.7. The van der Waals surface area contributed by atoms with Crippen LogP contribution in [0.2, 0.25) is 0 Å². The van der Waals surface area contributed by atoms with E-state index in [9.17, 15) is 23.3 Å². The molecule has 1 aromatic heterocycles. The summed E-state index contributed by atoms with van der Waals surface area (Å²) in [6.45, 7) is 9.37. The maximum absolute atomic E-state index is 14.4. The van der Waals surface area contributed by atoms with Crippen LogP contribution in [0.15, 0.2) is 53.4 Å². The van der Waals surface area contributed by atoms with Crippen molar-refractivity contribution < 1.29 is 22.7 Å². The number of carbonyl (C=O) groups excluding carboxylic acids is 2. The third kappa shape index (κ3) is 6.88. The topological polar surface area (TPSA) is 146 Å². The van der Waals surface area contributed by atoms with Crippen LogP contribution in [-0.4, -0.2) is 71.8 Å². The Kier molecular flexibility index (Phi) is 9.43. The summed E-state index contributed by atoms with van der Waals surface area (Å²) in [5.74, 6) is -0.186. The maximum Gasteiger partial charge on any atom is 0.264 e. The molecule has 0 unspecified atom stereocenters. The average molecular weight is 671 g/mol. The number of piperidine rings is 1. The van der Waals surface area contributed by atoms with Gasteiger partial charge in [0.25, 0.3) is 15.9 Å². The van der Waals surface area contributed by atoms with Gasteiger partial charge in [0.15, 0.2) is 0 Å². The number of anilines is 1. The van der Waals surface area contributed by atoms with Crippen molar-refractivity contribution in [2.24, 2.45) is 17.8 Å². The van der Waals surface area contributed by atoms with Gasteiger partial charge in [-0.3, -0.25) is 9.59 Å². The number of nitrogens with zero attached hydrogens (tertiary/aromatic N) is 5. The highest BCUT2D eigenvalue weighted by Gasteiger charge is 2.44. The van der Waals surface area contributed by atoms with E-state index in [1.807, 2.05) is 41.8 Å². The molecule has 12 heteroatoms. The van der Waals surface area contributed by atoms with Crippen LogP contribution in [0.4, 0.5) is 5.95 Å². The van der Waals surface area contributed by atoms with Gasteiger partial charge in [-0.05, 0) is 81.2 Å². The van der Waals surface area contributed by atoms with Gasteiger partial charge in [0, 0.05) is 48.2 Å². The molecule has 1 saturated carbocycles. The van der Waals surface area contributed by atoms with E-state index in [0.29, 0.717) is 50.9 Å². The summed E-state index contributed by atoms with van der Waals surface area (Å²) in [6, 6.07) is 15.3. The van der Waals surface area contributed by atoms with Crippen molar-refractivity contribution in [1.82, 2.24) is 19.8 Å². The van der Waals surface area contributed by atoms with Crippen LogP contribution in [0, 0.1) is 42.9 Å². The fraction of sp³-hybridized carbons (Fsp3) is 0.472. The molecular weight excluding hydrogens is 629 g/mol. The van der Waals surface area contributed by atoms with Gasteiger partial charge in [-0.15, -0.1) is 0 Å². The maximum atomic E-state index is 14.4. The smallest absolute Gasteiger partial charge is 0.264 e. The van der Waals surface area contributed by atoms with Crippen LogP contribution in [0.25, 0.3) is 11.3 Å². The normalized spacial score (nSPS) is 22.7. The number of likely N-dealkylation sites (tertiary alicyclic amines) is 1. The first kappa shape index (κ1) is 33.4. The quantitative estimate of drug-likeness (QED) is 0.382. The molecule has 2 aromatic carbocycles. The molecule has 3 aliphatic rings. The van der Waals surface area contributed by atoms with Crippen LogP contribution in [0.5, 0.6) is 5.88 Å². The first-order valence-corrected chi connectivity index (χ1v) is 18.1. The average Bonchev–Trinajstić information content (AvgIpc) is 3.03. The number of nitriles is 1. The Morgan fingerprint density at radius 1 is 1.06 bits per heavy atom. The van der Waals surface area contributed by atoms with Crippen molar-refractivity contribution >= 4 is 27.8 Å². The molecule has 1 N–H and O–H groups in total. The number of benzene rings is 2. The molecule has 0 spiro atoms. The molecule has 252 valence electrons. The predicted octanol–water partition coefficient (Wildman–Crippen LogP) is 5.35. The van der Waals surface area contributed by atoms with Gasteiger partial charge in [0.2, 0.25) is 17.7 Å². The SMILES string of the molecule is Cc1cccc(C)c1-c1cc2nc(n1)NS(=O)(=O)c1cccc(c1)C(=O)N(C1CC(C(=O)N3CCC(C#N)CC3)C1)[C@H](CC(C)C)CO2. The third-order valence-corrected chi connectivity index (χ3v) is 11.0. The van der Waals surface area contributed by atoms with Crippen LogP contribution >= 0.6 is 0 Å². The lowest BCUT2D eigenvalue weighted by atomic mass is 9.76. The molecule has 1 atom stereocenters. The lowest BCUT2D eigenvalue weighted by Gasteiger charge is -2.47. The van der Waals surface area contributed by atoms with Crippen LogP contribution in [0.1, 0.15) is 67.4 Å². The number of nitrogens with one attached hydrogen (secondary N) is 1. The van der Waals surface area contributed by atoms with Crippen molar-refractivity contribution in [3.63, 3.8) is 0 Å². The highest BCUT2D eigenvalue weighted by molar-refractivity contribution is 7.92. The second kappa shape index (κ2) is 13.5. The Bertz CT molecular complexity index is 1840. The standard InChI is InChI=1S/C36H42N6O5S/c1-22(2)15-29-21-47-32-19-31(33-23(3)7-5-8-24(33)4)38-36(39-32)40-48(45,46)30-10-6-9-26(18-30)35(44)42(29)28-16-27(17-28)34(43)41-13-11-25(20-37)12-14-41/h5-10,18-19,22,25,27-29H,11-17,21H2,1-4H3,(H,38,39,40)/t27?,28?,29-/m1/s1. The van der Waals surface area contributed by atoms with Crippen LogP contribution < -0.4 is 9.46 Å². The minimum Gasteiger partial charge on any atom is -0.475 e. The van der Waals surface area contributed by atoms with Crippen molar-refractivity contribution in [2.75, 3.05) is 24.4 Å². The Morgan fingerprint density at radius 2 is 1.75 bits per heavy atom. The molecule has 11 nitrogen and oxygen atoms in total. The second-order valence-corrected chi connectivity index (χ2v) is 15.4. The Balaban J connectivity index is 1.36. The summed E-state index contributed by atoms with van der Waals surface area (Å²) in [7, 11) is -4.17. The van der Waals surface area contributed by atoms with Crippen molar-refractivity contribution in [1.29, 1.82) is 5.26 Å². The predicted molar refractivity (Wildman–Crippen MR) is 181 cm³/mol. The van der Waals surface area contributed by atoms with E-state index >= 15 is 0 Å². The number of amides is 2. The van der Waals surface area contributed by atoms with E-state index in [1.54, 1.807) is 18.2 Å². The summed E-state index contributed by atoms with van der Waals surface area (Å²) >= 11 is 0. The second-order valence-electron chi connectivity index (χ2n) is 13.7. The highest BCUT2D eigenvalue weighted by atomic mass is 32.2. The number of hydrogen-bond donors (Lipinski definition) is 1. The third-order valence-electron chi connectivity index (χ3n) is 9.70. The molecule has 2 amide bonds. The van der Waals surface area contributed by atoms with Crippen LogP contribution in [0.3, 0.4) is 0 Å². The van der Waals surface area contributed by atoms with E-state index in [0.717, 1.165) is 16.7 Å². The number of hydrogen-bond acceptors (Lipinski definition) is 8. The van der Waals surface area contributed by atoms with Crippen molar-refractivity contribution in [3.05, 3.63) is 65.2 Å². The lowest BCUT2D eigenvalue weighted by Crippen LogP contribution is -2.57. The zero-order chi connectivity index (χ0) is 34.2. The van der Waals surface area contributed by atoms with Gasteiger partial charge in [-0.2, -0.15) is 10.2 Å². The molecule has 4 bridgehead atoms. The van der Waals surface area contributed by atoms with Gasteiger partial charge >= 0.3 is 0 Å². The molecule has 1 saturated heterocycles. The fourth-order valence-corrected chi connectivity index (χ4v) is 8.13. The summed E-state index contributed by atoms with van der Waals surface area (Å²) in [5.41, 5.74) is 3.55. The zero-order valence-electron chi connectivity index (χ0n) is 27.8. The van der Waals surface area contributed by atoms with E-state index < -0.39 is 10.0 Å². The molecule has 3 heterocycles. The van der Waals surface area contributed by atoms with E-state index in [2.05, 4.69) is 34.6 Å². The molecule has 48 heavy (non-hydrogen) atoms. The van der Waals surface area contributed by atoms with Crippen molar-refractivity contribution in [3.8, 4) is 23.2 Å². The minimum atomic E-state index is -4.17. The van der Waals surface area contributed by atoms with Gasteiger partial charge in [0.05, 0.1) is 22.7 Å². The number of aromatic nitrogens is 2. The number of aryl methyl sites for hydroxylation is 2.